The highest BCUT2D eigenvalue weighted by atomic mass is 79.9. The molecule has 74 valence electrons. The highest BCUT2D eigenvalue weighted by Gasteiger charge is 2.03. The molecule has 0 amide bonds. The number of rotatable bonds is 3. The van der Waals surface area contributed by atoms with Gasteiger partial charge in [0, 0.05) is 11.3 Å². The summed E-state index contributed by atoms with van der Waals surface area (Å²) in [6.07, 6.45) is 7.23. The van der Waals surface area contributed by atoms with Crippen molar-refractivity contribution in [2.75, 3.05) is 0 Å². The molecule has 0 fully saturated rings. The molecule has 0 aliphatic carbocycles. The summed E-state index contributed by atoms with van der Waals surface area (Å²) >= 11 is 4.95. The lowest BCUT2D eigenvalue weighted by molar-refractivity contribution is 1.35. The average molecular weight is 271 g/mol. The van der Waals surface area contributed by atoms with Gasteiger partial charge in [-0.2, -0.15) is 0 Å². The van der Waals surface area contributed by atoms with Crippen LogP contribution in [0.3, 0.4) is 0 Å². The monoisotopic (exact) mass is 270 g/mol. The van der Waals surface area contributed by atoms with Crippen molar-refractivity contribution < 1.29 is 0 Å². The van der Waals surface area contributed by atoms with Gasteiger partial charge in [-0.25, -0.2) is 4.98 Å². The van der Waals surface area contributed by atoms with E-state index < -0.39 is 0 Å². The molecule has 2 N–H and O–H groups in total. The van der Waals surface area contributed by atoms with E-state index in [1.54, 1.807) is 23.6 Å². The van der Waals surface area contributed by atoms with Crippen LogP contribution in [-0.4, -0.2) is 4.98 Å². The standard InChI is InChI=1S/C10H11BrN2S/c1-3-7(5-8(12)4-2)10-13-6-9(11)14-10/h3-6H,2,12H2,1H3/b7-3+,8-5+. The van der Waals surface area contributed by atoms with E-state index in [0.717, 1.165) is 14.4 Å². The molecular formula is C10H11BrN2S. The lowest BCUT2D eigenvalue weighted by atomic mass is 10.2. The molecular weight excluding hydrogens is 260 g/mol. The molecule has 0 saturated heterocycles. The minimum Gasteiger partial charge on any atom is -0.399 e. The van der Waals surface area contributed by atoms with Gasteiger partial charge in [0.1, 0.15) is 5.01 Å². The lowest BCUT2D eigenvalue weighted by Crippen LogP contribution is -1.92. The van der Waals surface area contributed by atoms with Crippen LogP contribution in [0.4, 0.5) is 0 Å². The number of allylic oxidation sites excluding steroid dienone is 4. The third kappa shape index (κ3) is 2.82. The summed E-state index contributed by atoms with van der Waals surface area (Å²) in [7, 11) is 0. The minimum atomic E-state index is 0.643. The highest BCUT2D eigenvalue weighted by molar-refractivity contribution is 9.11. The van der Waals surface area contributed by atoms with E-state index in [1.807, 2.05) is 19.1 Å². The fourth-order valence-electron chi connectivity index (χ4n) is 0.895. The third-order valence-electron chi connectivity index (χ3n) is 1.59. The smallest absolute Gasteiger partial charge is 0.124 e. The van der Waals surface area contributed by atoms with Gasteiger partial charge < -0.3 is 5.73 Å². The number of hydrogen-bond donors (Lipinski definition) is 1. The predicted octanol–water partition coefficient (Wildman–Crippen LogP) is 3.34. The third-order valence-corrected chi connectivity index (χ3v) is 3.12. The number of halogens is 1. The molecule has 4 heteroatoms. The van der Waals surface area contributed by atoms with Crippen molar-refractivity contribution in [3.63, 3.8) is 0 Å². The van der Waals surface area contributed by atoms with E-state index in [9.17, 15) is 0 Å². The second-order valence-electron chi connectivity index (χ2n) is 2.56. The Kier molecular flexibility index (Phi) is 4.10. The van der Waals surface area contributed by atoms with Gasteiger partial charge in [-0.05, 0) is 35.0 Å². The van der Waals surface area contributed by atoms with Crippen molar-refractivity contribution in [1.29, 1.82) is 0 Å². The summed E-state index contributed by atoms with van der Waals surface area (Å²) in [6.45, 7) is 5.56. The van der Waals surface area contributed by atoms with Crippen molar-refractivity contribution in [3.8, 4) is 0 Å². The molecule has 1 rings (SSSR count). The van der Waals surface area contributed by atoms with Crippen LogP contribution in [0.2, 0.25) is 0 Å². The first-order valence-electron chi connectivity index (χ1n) is 4.05. The first kappa shape index (κ1) is 11.2. The Morgan fingerprint density at radius 3 is 2.86 bits per heavy atom. The molecule has 1 aromatic rings. The Bertz CT molecular complexity index is 391. The highest BCUT2D eigenvalue weighted by Crippen LogP contribution is 2.26. The summed E-state index contributed by atoms with van der Waals surface area (Å²) in [5, 5.41) is 0.948. The Morgan fingerprint density at radius 1 is 1.71 bits per heavy atom. The van der Waals surface area contributed by atoms with Crippen LogP contribution in [0.15, 0.2) is 40.5 Å². The maximum atomic E-state index is 5.66. The maximum Gasteiger partial charge on any atom is 0.124 e. The van der Waals surface area contributed by atoms with Crippen molar-refractivity contribution in [2.24, 2.45) is 5.73 Å². The molecule has 0 aromatic carbocycles. The first-order valence-corrected chi connectivity index (χ1v) is 5.66. The lowest BCUT2D eigenvalue weighted by Gasteiger charge is -1.96. The molecule has 0 bridgehead atoms. The normalized spacial score (nSPS) is 13.0. The van der Waals surface area contributed by atoms with Crippen LogP contribution in [0, 0.1) is 0 Å². The van der Waals surface area contributed by atoms with E-state index in [-0.39, 0.29) is 0 Å². The molecule has 0 spiro atoms. The number of nitrogens with two attached hydrogens (primary N) is 1. The molecule has 1 aromatic heterocycles. The van der Waals surface area contributed by atoms with Gasteiger partial charge in [0.2, 0.25) is 0 Å². The molecule has 0 unspecified atom stereocenters. The predicted molar refractivity (Wildman–Crippen MR) is 65.9 cm³/mol. The fourth-order valence-corrected chi connectivity index (χ4v) is 2.15. The molecule has 14 heavy (non-hydrogen) atoms. The van der Waals surface area contributed by atoms with Crippen molar-refractivity contribution >= 4 is 32.8 Å². The van der Waals surface area contributed by atoms with Gasteiger partial charge in [0.05, 0.1) is 9.98 Å². The fraction of sp³-hybridized carbons (Fsp3) is 0.100. The second kappa shape index (κ2) is 5.12. The molecule has 2 nitrogen and oxygen atoms in total. The quantitative estimate of drug-likeness (QED) is 0.856. The molecule has 0 radical (unpaired) electrons. The van der Waals surface area contributed by atoms with E-state index in [1.165, 1.54) is 0 Å². The summed E-state index contributed by atoms with van der Waals surface area (Å²) in [5.74, 6) is 0. The van der Waals surface area contributed by atoms with Crippen LogP contribution < -0.4 is 5.73 Å². The van der Waals surface area contributed by atoms with Gasteiger partial charge in [-0.15, -0.1) is 11.3 Å². The summed E-state index contributed by atoms with van der Waals surface area (Å²) < 4.78 is 1.01. The molecule has 0 aliphatic rings. The van der Waals surface area contributed by atoms with Crippen LogP contribution >= 0.6 is 27.3 Å². The zero-order valence-electron chi connectivity index (χ0n) is 7.83. The number of thiazole rings is 1. The van der Waals surface area contributed by atoms with Crippen LogP contribution in [0.25, 0.3) is 5.57 Å². The summed E-state index contributed by atoms with van der Waals surface area (Å²) in [5.41, 5.74) is 7.32. The van der Waals surface area contributed by atoms with Crippen molar-refractivity contribution in [3.05, 3.63) is 45.5 Å². The van der Waals surface area contributed by atoms with Crippen LogP contribution in [-0.2, 0) is 0 Å². The second-order valence-corrected chi connectivity index (χ2v) is 4.97. The Hall–Kier alpha value is -0.870. The Morgan fingerprint density at radius 2 is 2.43 bits per heavy atom. The van der Waals surface area contributed by atoms with Gasteiger partial charge in [0.25, 0.3) is 0 Å². The van der Waals surface area contributed by atoms with Gasteiger partial charge in [-0.3, -0.25) is 0 Å². The maximum absolute atomic E-state index is 5.66. The number of nitrogens with zero attached hydrogens (tertiary/aromatic N) is 1. The van der Waals surface area contributed by atoms with Gasteiger partial charge in [0.15, 0.2) is 0 Å². The molecule has 1 heterocycles. The minimum absolute atomic E-state index is 0.643. The zero-order valence-corrected chi connectivity index (χ0v) is 10.2. The van der Waals surface area contributed by atoms with Gasteiger partial charge in [-0.1, -0.05) is 12.7 Å². The molecule has 0 aliphatic heterocycles. The van der Waals surface area contributed by atoms with Gasteiger partial charge >= 0.3 is 0 Å². The molecule has 0 saturated carbocycles. The first-order chi connectivity index (χ1) is 6.67. The Labute approximate surface area is 96.0 Å². The molecule has 0 atom stereocenters. The number of aromatic nitrogens is 1. The van der Waals surface area contributed by atoms with E-state index in [0.29, 0.717) is 5.70 Å². The van der Waals surface area contributed by atoms with Crippen molar-refractivity contribution in [2.45, 2.75) is 6.92 Å². The largest absolute Gasteiger partial charge is 0.399 e. The van der Waals surface area contributed by atoms with Crippen LogP contribution in [0.1, 0.15) is 11.9 Å². The van der Waals surface area contributed by atoms with Crippen molar-refractivity contribution in [1.82, 2.24) is 4.98 Å². The average Bonchev–Trinajstić information content (AvgIpc) is 2.60. The summed E-state index contributed by atoms with van der Waals surface area (Å²) in [4.78, 5) is 4.24. The van der Waals surface area contributed by atoms with E-state index in [4.69, 9.17) is 5.73 Å². The topological polar surface area (TPSA) is 38.9 Å². The summed E-state index contributed by atoms with van der Waals surface area (Å²) in [6, 6.07) is 0. The van der Waals surface area contributed by atoms with E-state index >= 15 is 0 Å². The van der Waals surface area contributed by atoms with E-state index in [2.05, 4.69) is 27.5 Å². The number of hydrogen-bond acceptors (Lipinski definition) is 3. The Balaban J connectivity index is 3.00. The van der Waals surface area contributed by atoms with Crippen LogP contribution in [0.5, 0.6) is 0 Å². The zero-order chi connectivity index (χ0) is 10.6. The SMILES string of the molecule is C=C/C(N)=C\C(=C/C)c1ncc(Br)s1.